The SMILES string of the molecule is O.O.O.O.O=C(O)C(=O)O.[Mn]. The Balaban J connectivity index is -0.0000000125. The van der Waals surface area contributed by atoms with Gasteiger partial charge in [-0.3, -0.25) is 0 Å². The molecule has 0 heterocycles. The van der Waals surface area contributed by atoms with Crippen LogP contribution in [0.3, 0.4) is 0 Å². The van der Waals surface area contributed by atoms with Gasteiger partial charge in [-0.05, 0) is 0 Å². The summed E-state index contributed by atoms with van der Waals surface area (Å²) in [5.41, 5.74) is 0. The fourth-order valence-corrected chi connectivity index (χ4v) is 0. The van der Waals surface area contributed by atoms with Gasteiger partial charge >= 0.3 is 11.9 Å². The molecule has 0 aliphatic carbocycles. The molecule has 0 aliphatic heterocycles. The Labute approximate surface area is 71.5 Å². The topological polar surface area (TPSA) is 201 Å². The van der Waals surface area contributed by atoms with Crippen molar-refractivity contribution in [2.24, 2.45) is 0 Å². The molecule has 73 valence electrons. The zero-order chi connectivity index (χ0) is 5.15. The third-order valence-corrected chi connectivity index (χ3v) is 0.183. The second-order valence-electron chi connectivity index (χ2n) is 0.610. The number of carboxylic acid groups (broad SMARTS) is 2. The summed E-state index contributed by atoms with van der Waals surface area (Å²) in [6.45, 7) is 0. The van der Waals surface area contributed by atoms with Crippen LogP contribution in [0.2, 0.25) is 0 Å². The largest absolute Gasteiger partial charge is 0.473 e. The van der Waals surface area contributed by atoms with Crippen LogP contribution >= 0.6 is 0 Å². The Kier molecular flexibility index (Phi) is 99.9. The monoisotopic (exact) mass is 217 g/mol. The molecule has 11 heavy (non-hydrogen) atoms. The van der Waals surface area contributed by atoms with Crippen LogP contribution in [0, 0.1) is 0 Å². The van der Waals surface area contributed by atoms with Crippen molar-refractivity contribution in [1.82, 2.24) is 0 Å². The van der Waals surface area contributed by atoms with E-state index >= 15 is 0 Å². The van der Waals surface area contributed by atoms with E-state index in [4.69, 9.17) is 19.8 Å². The summed E-state index contributed by atoms with van der Waals surface area (Å²) in [5.74, 6) is -3.65. The van der Waals surface area contributed by atoms with Crippen molar-refractivity contribution in [2.75, 3.05) is 0 Å². The van der Waals surface area contributed by atoms with Crippen LogP contribution in [0.15, 0.2) is 0 Å². The molecule has 1 radical (unpaired) electrons. The summed E-state index contributed by atoms with van der Waals surface area (Å²) >= 11 is 0. The maximum Gasteiger partial charge on any atom is 0.414 e. The van der Waals surface area contributed by atoms with Gasteiger partial charge in [0, 0.05) is 17.1 Å². The first-order valence-electron chi connectivity index (χ1n) is 1.11. The van der Waals surface area contributed by atoms with Crippen LogP contribution in [0.5, 0.6) is 0 Å². The van der Waals surface area contributed by atoms with Gasteiger partial charge in [0.25, 0.3) is 0 Å². The first-order chi connectivity index (χ1) is 2.64. The van der Waals surface area contributed by atoms with Crippen molar-refractivity contribution >= 4 is 11.9 Å². The van der Waals surface area contributed by atoms with E-state index < -0.39 is 11.9 Å². The van der Waals surface area contributed by atoms with Crippen molar-refractivity contribution in [1.29, 1.82) is 0 Å². The van der Waals surface area contributed by atoms with Crippen molar-refractivity contribution < 1.29 is 58.8 Å². The van der Waals surface area contributed by atoms with Crippen LogP contribution in [0.1, 0.15) is 0 Å². The fraction of sp³-hybridized carbons (Fsp3) is 0. The molecule has 0 bridgehead atoms. The third kappa shape index (κ3) is 45.5. The molecule has 0 saturated carbocycles. The third-order valence-electron chi connectivity index (χ3n) is 0.183. The minimum Gasteiger partial charge on any atom is -0.473 e. The van der Waals surface area contributed by atoms with E-state index in [9.17, 15) is 0 Å². The predicted octanol–water partition coefficient (Wildman–Crippen LogP) is -4.15. The number of carboxylic acids is 2. The van der Waals surface area contributed by atoms with E-state index in [1.165, 1.54) is 0 Å². The smallest absolute Gasteiger partial charge is 0.414 e. The summed E-state index contributed by atoms with van der Waals surface area (Å²) in [6, 6.07) is 0. The molecule has 0 unspecified atom stereocenters. The number of hydrogen-bond donors (Lipinski definition) is 2. The summed E-state index contributed by atoms with van der Waals surface area (Å²) in [4.78, 5) is 18.2. The average molecular weight is 217 g/mol. The standard InChI is InChI=1S/C2H2O4.Mn.4H2O/c3-1(4)2(5)6;;;;;/h(H,3,4)(H,5,6);;4*1H2. The minimum absolute atomic E-state index is 0. The molecule has 0 aromatic rings. The van der Waals surface area contributed by atoms with Crippen molar-refractivity contribution in [3.63, 3.8) is 0 Å². The molecule has 8 nitrogen and oxygen atoms in total. The van der Waals surface area contributed by atoms with Gasteiger partial charge in [-0.1, -0.05) is 0 Å². The van der Waals surface area contributed by atoms with Crippen molar-refractivity contribution in [2.45, 2.75) is 0 Å². The molecule has 10 N–H and O–H groups in total. The van der Waals surface area contributed by atoms with E-state index in [-0.39, 0.29) is 39.0 Å². The first-order valence-corrected chi connectivity index (χ1v) is 1.11. The molecule has 0 aromatic carbocycles. The van der Waals surface area contributed by atoms with E-state index in [0.717, 1.165) is 0 Å². The maximum absolute atomic E-state index is 9.10. The van der Waals surface area contributed by atoms with Crippen LogP contribution in [0.4, 0.5) is 0 Å². The van der Waals surface area contributed by atoms with Crippen LogP contribution in [-0.2, 0) is 26.7 Å². The van der Waals surface area contributed by atoms with Gasteiger partial charge in [-0.2, -0.15) is 0 Å². The van der Waals surface area contributed by atoms with E-state index in [1.54, 1.807) is 0 Å². The first kappa shape index (κ1) is 48.2. The zero-order valence-corrected chi connectivity index (χ0v) is 6.27. The Morgan fingerprint density at radius 1 is 0.727 bits per heavy atom. The Morgan fingerprint density at radius 3 is 0.818 bits per heavy atom. The van der Waals surface area contributed by atoms with Gasteiger partial charge < -0.3 is 32.1 Å². The maximum atomic E-state index is 9.10. The van der Waals surface area contributed by atoms with Crippen molar-refractivity contribution in [3.05, 3.63) is 0 Å². The average Bonchev–Trinajstić information content (AvgIpc) is 1.36. The van der Waals surface area contributed by atoms with Gasteiger partial charge in [-0.25, -0.2) is 9.59 Å². The Bertz CT molecular complexity index is 78.1. The van der Waals surface area contributed by atoms with Gasteiger partial charge in [0.15, 0.2) is 0 Å². The van der Waals surface area contributed by atoms with Gasteiger partial charge in [0.1, 0.15) is 0 Å². The predicted molar refractivity (Wildman–Crippen MR) is 29.7 cm³/mol. The molecule has 9 heteroatoms. The minimum atomic E-state index is -1.82. The quantitative estimate of drug-likeness (QED) is 0.306. The number of carbonyl (C=O) groups is 2. The summed E-state index contributed by atoms with van der Waals surface area (Å²) in [5, 5.41) is 14.8. The van der Waals surface area contributed by atoms with Crippen molar-refractivity contribution in [3.8, 4) is 0 Å². The zero-order valence-electron chi connectivity index (χ0n) is 5.09. The molecule has 0 atom stereocenters. The van der Waals surface area contributed by atoms with Crippen LogP contribution in [0.25, 0.3) is 0 Å². The number of hydrogen-bond acceptors (Lipinski definition) is 2. The Morgan fingerprint density at radius 2 is 0.818 bits per heavy atom. The molecular formula is C2H10MnO8. The van der Waals surface area contributed by atoms with Crippen LogP contribution < -0.4 is 0 Å². The summed E-state index contributed by atoms with van der Waals surface area (Å²) in [7, 11) is 0. The van der Waals surface area contributed by atoms with Crippen LogP contribution in [-0.4, -0.2) is 44.1 Å². The molecule has 0 fully saturated rings. The second kappa shape index (κ2) is 22.8. The molecule has 0 amide bonds. The molecule has 0 aliphatic rings. The van der Waals surface area contributed by atoms with E-state index in [0.29, 0.717) is 0 Å². The molecule has 0 spiro atoms. The van der Waals surface area contributed by atoms with E-state index in [2.05, 4.69) is 0 Å². The molecule has 0 rings (SSSR count). The fourth-order valence-electron chi connectivity index (χ4n) is 0. The van der Waals surface area contributed by atoms with Gasteiger partial charge in [0.2, 0.25) is 0 Å². The number of rotatable bonds is 0. The normalized spacial score (nSPS) is 4.00. The van der Waals surface area contributed by atoms with E-state index in [1.807, 2.05) is 0 Å². The van der Waals surface area contributed by atoms with Gasteiger partial charge in [-0.15, -0.1) is 0 Å². The van der Waals surface area contributed by atoms with Gasteiger partial charge in [0.05, 0.1) is 0 Å². The summed E-state index contributed by atoms with van der Waals surface area (Å²) < 4.78 is 0. The Hall–Kier alpha value is -0.701. The second-order valence-corrected chi connectivity index (χ2v) is 0.610. The molecule has 0 aromatic heterocycles. The summed E-state index contributed by atoms with van der Waals surface area (Å²) in [6.07, 6.45) is 0. The number of aliphatic carboxylic acids is 2. The molecule has 0 saturated heterocycles. The molecular weight excluding hydrogens is 207 g/mol.